The number of carbonyl (C=O) groups excluding carboxylic acids is 2. The van der Waals surface area contributed by atoms with Crippen LogP contribution in [-0.2, 0) is 37.4 Å². The maximum atomic E-state index is 12.6. The first-order chi connectivity index (χ1) is 26.3. The van der Waals surface area contributed by atoms with E-state index >= 15 is 0 Å². The van der Waals surface area contributed by atoms with Gasteiger partial charge in [-0.1, -0.05) is 126 Å². The highest BCUT2D eigenvalue weighted by Gasteiger charge is 2.36. The summed E-state index contributed by atoms with van der Waals surface area (Å²) in [4.78, 5) is 34.8. The number of hydrogen-bond donors (Lipinski definition) is 2. The molecule has 0 spiro atoms. The molecule has 4 atom stereocenters. The van der Waals surface area contributed by atoms with E-state index < -0.39 is 32.5 Å². The maximum Gasteiger partial charge on any atom is 0.472 e. The lowest BCUT2D eigenvalue weighted by atomic mass is 10.1. The van der Waals surface area contributed by atoms with Crippen molar-refractivity contribution < 1.29 is 42.3 Å². The van der Waals surface area contributed by atoms with Gasteiger partial charge >= 0.3 is 19.8 Å². The Balaban J connectivity index is 2.24. The molecule has 1 aliphatic rings. The van der Waals surface area contributed by atoms with Gasteiger partial charge in [0.15, 0.2) is 6.10 Å². The molecule has 0 radical (unpaired) electrons. The number of nitrogens with two attached hydrogens (primary N) is 1. The van der Waals surface area contributed by atoms with E-state index in [0.29, 0.717) is 25.0 Å². The zero-order valence-corrected chi connectivity index (χ0v) is 34.5. The van der Waals surface area contributed by atoms with Crippen molar-refractivity contribution in [2.45, 2.75) is 173 Å². The van der Waals surface area contributed by atoms with Crippen molar-refractivity contribution in [1.82, 2.24) is 0 Å². The highest BCUT2D eigenvalue weighted by Crippen LogP contribution is 2.43. The zero-order valence-electron chi connectivity index (χ0n) is 33.6. The number of allylic oxidation sites excluding steroid dienone is 9. The molecule has 0 aromatic carbocycles. The molecule has 0 amide bonds. The third kappa shape index (κ3) is 32.0. The molecular weight excluding hydrogens is 705 g/mol. The smallest absolute Gasteiger partial charge is 0.462 e. The lowest BCUT2D eigenvalue weighted by molar-refractivity contribution is -0.161. The van der Waals surface area contributed by atoms with E-state index in [1.165, 1.54) is 51.4 Å². The lowest BCUT2D eigenvalue weighted by Gasteiger charge is -2.19. The Hall–Kier alpha value is -2.33. The number of unbranched alkanes of at least 4 members (excludes halogenated alkanes) is 11. The fraction of sp³-hybridized carbons (Fsp3) is 0.721. The minimum atomic E-state index is -4.40. The van der Waals surface area contributed by atoms with E-state index in [0.717, 1.165) is 64.2 Å². The third-order valence-corrected chi connectivity index (χ3v) is 9.78. The normalized spacial score (nSPS) is 17.7. The Kier molecular flexibility index (Phi) is 32.3. The van der Waals surface area contributed by atoms with E-state index in [-0.39, 0.29) is 32.6 Å². The molecular formula is C43H74NO9P. The Labute approximate surface area is 327 Å². The standard InChI is InChI=1S/C43H74NO9P/c1-3-5-7-8-9-10-11-12-13-14-15-16-17-18-22-25-29-33-42(45)49-37-39(38-51-54(47,48)50-36-35-44)52-43(46)34-30-26-23-20-19-21-24-28-32-41-40(53-41)31-27-6-4-2/h9-10,12-13,15-16,18,22,24,28,39-41H,3-8,11,14,17,19-21,23,25-27,29-38,44H2,1-2H3,(H,47,48)/b10-9-,13-12-,16-15-,22-18-,28-24-/t39-,40?,41?/m1/s1. The van der Waals surface area contributed by atoms with Gasteiger partial charge in [-0.2, -0.15) is 0 Å². The first kappa shape index (κ1) is 49.7. The zero-order chi connectivity index (χ0) is 39.4. The molecule has 3 unspecified atom stereocenters. The Bertz CT molecular complexity index is 1140. The van der Waals surface area contributed by atoms with Crippen molar-refractivity contribution in [1.29, 1.82) is 0 Å². The van der Waals surface area contributed by atoms with Crippen LogP contribution in [0.1, 0.15) is 155 Å². The Morgan fingerprint density at radius 2 is 1.22 bits per heavy atom. The quantitative estimate of drug-likeness (QED) is 0.0205. The van der Waals surface area contributed by atoms with Crippen molar-refractivity contribution in [3.63, 3.8) is 0 Å². The summed E-state index contributed by atoms with van der Waals surface area (Å²) in [6.45, 7) is 3.57. The van der Waals surface area contributed by atoms with Gasteiger partial charge in [-0.25, -0.2) is 4.57 Å². The molecule has 0 bridgehead atoms. The minimum Gasteiger partial charge on any atom is -0.462 e. The van der Waals surface area contributed by atoms with Gasteiger partial charge in [0, 0.05) is 19.4 Å². The lowest BCUT2D eigenvalue weighted by Crippen LogP contribution is -2.29. The molecule has 11 heteroatoms. The number of phosphoric ester groups is 1. The van der Waals surface area contributed by atoms with Crippen molar-refractivity contribution in [2.75, 3.05) is 26.4 Å². The van der Waals surface area contributed by atoms with E-state index in [2.05, 4.69) is 68.5 Å². The van der Waals surface area contributed by atoms with E-state index in [1.54, 1.807) is 0 Å². The van der Waals surface area contributed by atoms with Crippen molar-refractivity contribution in [2.24, 2.45) is 5.73 Å². The molecule has 1 heterocycles. The fourth-order valence-electron chi connectivity index (χ4n) is 5.57. The van der Waals surface area contributed by atoms with Gasteiger partial charge in [-0.15, -0.1) is 0 Å². The minimum absolute atomic E-state index is 0.0389. The van der Waals surface area contributed by atoms with Crippen molar-refractivity contribution in [3.8, 4) is 0 Å². The topological polar surface area (TPSA) is 147 Å². The monoisotopic (exact) mass is 780 g/mol. The number of ether oxygens (including phenoxy) is 3. The molecule has 0 saturated carbocycles. The van der Waals surface area contributed by atoms with Crippen LogP contribution in [0.3, 0.4) is 0 Å². The molecule has 0 aliphatic carbocycles. The van der Waals surface area contributed by atoms with Crippen molar-refractivity contribution >= 4 is 19.8 Å². The Morgan fingerprint density at radius 1 is 0.667 bits per heavy atom. The number of esters is 2. The second-order valence-electron chi connectivity index (χ2n) is 13.9. The predicted molar refractivity (Wildman–Crippen MR) is 219 cm³/mol. The first-order valence-corrected chi connectivity index (χ1v) is 22.4. The van der Waals surface area contributed by atoms with Crippen LogP contribution in [0.2, 0.25) is 0 Å². The first-order valence-electron chi connectivity index (χ1n) is 20.9. The van der Waals surface area contributed by atoms with Crippen molar-refractivity contribution in [3.05, 3.63) is 60.8 Å². The van der Waals surface area contributed by atoms with E-state index in [1.807, 2.05) is 6.08 Å². The molecule has 3 N–H and O–H groups in total. The van der Waals surface area contributed by atoms with Gasteiger partial charge in [-0.05, 0) is 77.0 Å². The van der Waals surface area contributed by atoms with Crippen LogP contribution in [0, 0.1) is 0 Å². The number of epoxide rings is 1. The summed E-state index contributed by atoms with van der Waals surface area (Å²) in [5, 5.41) is 0. The molecule has 10 nitrogen and oxygen atoms in total. The summed E-state index contributed by atoms with van der Waals surface area (Å²) in [5.41, 5.74) is 5.34. The summed E-state index contributed by atoms with van der Waals surface area (Å²) in [5.74, 6) is -0.921. The molecule has 0 aromatic heterocycles. The second-order valence-corrected chi connectivity index (χ2v) is 15.3. The predicted octanol–water partition coefficient (Wildman–Crippen LogP) is 10.7. The third-order valence-electron chi connectivity index (χ3n) is 8.80. The van der Waals surface area contributed by atoms with E-state index in [9.17, 15) is 19.0 Å². The molecule has 1 fully saturated rings. The summed E-state index contributed by atoms with van der Waals surface area (Å²) < 4.78 is 38.4. The van der Waals surface area contributed by atoms with Crippen LogP contribution in [0.4, 0.5) is 0 Å². The fourth-order valence-corrected chi connectivity index (χ4v) is 6.34. The Morgan fingerprint density at radius 3 is 1.89 bits per heavy atom. The van der Waals surface area contributed by atoms with Gasteiger partial charge in [0.05, 0.1) is 25.4 Å². The average Bonchev–Trinajstić information content (AvgIpc) is 3.91. The van der Waals surface area contributed by atoms with Crippen LogP contribution in [0.5, 0.6) is 0 Å². The van der Waals surface area contributed by atoms with Gasteiger partial charge in [-0.3, -0.25) is 18.6 Å². The summed E-state index contributed by atoms with van der Waals surface area (Å²) in [7, 11) is -4.40. The van der Waals surface area contributed by atoms with Crippen LogP contribution in [-0.4, -0.2) is 61.5 Å². The van der Waals surface area contributed by atoms with Gasteiger partial charge in [0.25, 0.3) is 0 Å². The van der Waals surface area contributed by atoms with Crippen LogP contribution >= 0.6 is 7.82 Å². The number of hydrogen-bond acceptors (Lipinski definition) is 9. The average molecular weight is 780 g/mol. The summed E-state index contributed by atoms with van der Waals surface area (Å²) >= 11 is 0. The van der Waals surface area contributed by atoms with E-state index in [4.69, 9.17) is 29.0 Å². The largest absolute Gasteiger partial charge is 0.472 e. The van der Waals surface area contributed by atoms with Crippen LogP contribution in [0.25, 0.3) is 0 Å². The molecule has 0 aromatic rings. The van der Waals surface area contributed by atoms with Gasteiger partial charge in [0.1, 0.15) is 6.61 Å². The van der Waals surface area contributed by atoms with Gasteiger partial charge < -0.3 is 24.8 Å². The molecule has 1 rings (SSSR count). The van der Waals surface area contributed by atoms with Crippen LogP contribution < -0.4 is 5.73 Å². The molecule has 1 saturated heterocycles. The second kappa shape index (κ2) is 35.1. The highest BCUT2D eigenvalue weighted by molar-refractivity contribution is 7.47. The number of carbonyl (C=O) groups is 2. The molecule has 1 aliphatic heterocycles. The molecule has 54 heavy (non-hydrogen) atoms. The molecule has 310 valence electrons. The number of phosphoric acid groups is 1. The SMILES string of the molecule is CCCCC/C=C\C/C=C\C/C=C\C/C=C\CCCC(=O)OC[C@H](COP(=O)(O)OCCN)OC(=O)CCCCCCC/C=C\CC1OC1CCCCC. The summed E-state index contributed by atoms with van der Waals surface area (Å²) in [6.07, 6.45) is 42.8. The highest BCUT2D eigenvalue weighted by atomic mass is 31.2. The number of rotatable bonds is 37. The van der Waals surface area contributed by atoms with Gasteiger partial charge in [0.2, 0.25) is 0 Å². The maximum absolute atomic E-state index is 12.6. The van der Waals surface area contributed by atoms with Crippen LogP contribution in [0.15, 0.2) is 60.8 Å². The summed E-state index contributed by atoms with van der Waals surface area (Å²) in [6, 6.07) is 0.